The zero-order valence-corrected chi connectivity index (χ0v) is 16.1. The fourth-order valence-electron chi connectivity index (χ4n) is 3.88. The lowest BCUT2D eigenvalue weighted by molar-refractivity contribution is -0.122. The molecule has 6 nitrogen and oxygen atoms in total. The molecule has 0 aromatic heterocycles. The zero-order valence-electron chi connectivity index (χ0n) is 16.1. The summed E-state index contributed by atoms with van der Waals surface area (Å²) in [5.41, 5.74) is 3.71. The van der Waals surface area contributed by atoms with Gasteiger partial charge < -0.3 is 19.9 Å². The van der Waals surface area contributed by atoms with E-state index in [0.29, 0.717) is 19.8 Å². The van der Waals surface area contributed by atoms with Crippen molar-refractivity contribution in [2.24, 2.45) is 5.92 Å². The molecule has 0 aliphatic carbocycles. The van der Waals surface area contributed by atoms with Crippen LogP contribution < -0.4 is 15.1 Å². The average Bonchev–Trinajstić information content (AvgIpc) is 3.11. The molecular formula is C22H25N3O3. The Morgan fingerprint density at radius 1 is 1.04 bits per heavy atom. The second kappa shape index (κ2) is 8.02. The number of ether oxygens (including phenoxy) is 1. The van der Waals surface area contributed by atoms with Crippen molar-refractivity contribution in [2.45, 2.75) is 13.3 Å². The van der Waals surface area contributed by atoms with Gasteiger partial charge in [0.2, 0.25) is 11.8 Å². The zero-order chi connectivity index (χ0) is 19.5. The van der Waals surface area contributed by atoms with Crippen molar-refractivity contribution < 1.29 is 14.3 Å². The predicted molar refractivity (Wildman–Crippen MR) is 110 cm³/mol. The third-order valence-electron chi connectivity index (χ3n) is 5.42. The Kier molecular flexibility index (Phi) is 5.30. The van der Waals surface area contributed by atoms with Crippen molar-refractivity contribution in [2.75, 3.05) is 48.0 Å². The lowest BCUT2D eigenvalue weighted by Gasteiger charge is -2.30. The van der Waals surface area contributed by atoms with Crippen LogP contribution in [0.25, 0.3) is 0 Å². The number of para-hydroxylation sites is 3. The number of carbonyl (C=O) groups is 2. The number of aryl methyl sites for hydroxylation is 1. The summed E-state index contributed by atoms with van der Waals surface area (Å²) in [5.74, 6) is -0.467. The number of nitrogens with one attached hydrogen (secondary N) is 1. The molecule has 146 valence electrons. The molecule has 2 aliphatic heterocycles. The van der Waals surface area contributed by atoms with Crippen LogP contribution in [0.4, 0.5) is 17.1 Å². The second-order valence-corrected chi connectivity index (χ2v) is 7.30. The number of benzene rings is 2. The molecular weight excluding hydrogens is 354 g/mol. The molecule has 0 radical (unpaired) electrons. The Morgan fingerprint density at radius 2 is 1.71 bits per heavy atom. The van der Waals surface area contributed by atoms with Gasteiger partial charge in [-0.05, 0) is 30.7 Å². The maximum atomic E-state index is 12.9. The molecule has 2 fully saturated rings. The third kappa shape index (κ3) is 3.73. The molecule has 0 spiro atoms. The molecule has 2 aromatic carbocycles. The van der Waals surface area contributed by atoms with Gasteiger partial charge in [-0.3, -0.25) is 9.59 Å². The van der Waals surface area contributed by atoms with Gasteiger partial charge in [-0.1, -0.05) is 30.3 Å². The second-order valence-electron chi connectivity index (χ2n) is 7.30. The maximum Gasteiger partial charge on any atom is 0.229 e. The third-order valence-corrected chi connectivity index (χ3v) is 5.42. The van der Waals surface area contributed by atoms with Gasteiger partial charge in [-0.15, -0.1) is 0 Å². The van der Waals surface area contributed by atoms with Gasteiger partial charge in [-0.2, -0.15) is 0 Å². The van der Waals surface area contributed by atoms with E-state index in [0.717, 1.165) is 35.7 Å². The smallest absolute Gasteiger partial charge is 0.229 e. The van der Waals surface area contributed by atoms with Gasteiger partial charge in [-0.25, -0.2) is 0 Å². The summed E-state index contributed by atoms with van der Waals surface area (Å²) in [6.45, 7) is 5.37. The average molecular weight is 379 g/mol. The molecule has 0 bridgehead atoms. The molecule has 1 atom stereocenters. The van der Waals surface area contributed by atoms with E-state index in [9.17, 15) is 9.59 Å². The van der Waals surface area contributed by atoms with Crippen LogP contribution in [0.2, 0.25) is 0 Å². The van der Waals surface area contributed by atoms with E-state index in [1.807, 2.05) is 55.5 Å². The molecule has 2 amide bonds. The van der Waals surface area contributed by atoms with Gasteiger partial charge in [0.15, 0.2) is 0 Å². The van der Waals surface area contributed by atoms with E-state index >= 15 is 0 Å². The molecule has 2 aromatic rings. The number of anilines is 3. The van der Waals surface area contributed by atoms with Crippen LogP contribution in [-0.4, -0.2) is 44.7 Å². The number of amides is 2. The lowest BCUT2D eigenvalue weighted by Crippen LogP contribution is -2.37. The van der Waals surface area contributed by atoms with Crippen molar-refractivity contribution in [3.8, 4) is 0 Å². The number of rotatable bonds is 4. The van der Waals surface area contributed by atoms with Crippen molar-refractivity contribution in [1.82, 2.24) is 0 Å². The van der Waals surface area contributed by atoms with Gasteiger partial charge >= 0.3 is 0 Å². The van der Waals surface area contributed by atoms with E-state index in [1.54, 1.807) is 4.90 Å². The predicted octanol–water partition coefficient (Wildman–Crippen LogP) is 2.82. The SMILES string of the molecule is Cc1ccccc1N1CC(C(=O)Nc2ccccc2N2CCOCC2)CC1=O. The minimum absolute atomic E-state index is 0.00378. The van der Waals surface area contributed by atoms with E-state index in [2.05, 4.69) is 10.2 Å². The van der Waals surface area contributed by atoms with Gasteiger partial charge in [0.1, 0.15) is 0 Å². The molecule has 2 saturated heterocycles. The maximum absolute atomic E-state index is 12.9. The summed E-state index contributed by atoms with van der Waals surface area (Å²) in [6.07, 6.45) is 0.236. The summed E-state index contributed by atoms with van der Waals surface area (Å²) in [5, 5.41) is 3.06. The molecule has 1 N–H and O–H groups in total. The lowest BCUT2D eigenvalue weighted by atomic mass is 10.1. The molecule has 1 unspecified atom stereocenters. The first-order valence-corrected chi connectivity index (χ1v) is 9.72. The highest BCUT2D eigenvalue weighted by Crippen LogP contribution is 2.30. The fourth-order valence-corrected chi connectivity index (χ4v) is 3.88. The van der Waals surface area contributed by atoms with Crippen LogP contribution in [0.1, 0.15) is 12.0 Å². The van der Waals surface area contributed by atoms with E-state index < -0.39 is 0 Å². The van der Waals surface area contributed by atoms with Crippen molar-refractivity contribution >= 4 is 28.9 Å². The largest absolute Gasteiger partial charge is 0.378 e. The highest BCUT2D eigenvalue weighted by molar-refractivity contribution is 6.04. The summed E-state index contributed by atoms with van der Waals surface area (Å²) in [4.78, 5) is 29.4. The fraction of sp³-hybridized carbons (Fsp3) is 0.364. The van der Waals surface area contributed by atoms with Crippen LogP contribution in [0.5, 0.6) is 0 Å². The molecule has 28 heavy (non-hydrogen) atoms. The molecule has 4 rings (SSSR count). The standard InChI is InChI=1S/C22H25N3O3/c1-16-6-2-4-8-19(16)25-15-17(14-21(25)26)22(27)23-18-7-3-5-9-20(18)24-10-12-28-13-11-24/h2-9,17H,10-15H2,1H3,(H,23,27). The minimum atomic E-state index is -0.357. The Labute approximate surface area is 165 Å². The first-order chi connectivity index (χ1) is 13.6. The number of nitrogens with zero attached hydrogens (tertiary/aromatic N) is 2. The number of morpholine rings is 1. The number of hydrogen-bond donors (Lipinski definition) is 1. The van der Waals surface area contributed by atoms with Gasteiger partial charge in [0.05, 0.1) is 30.5 Å². The van der Waals surface area contributed by atoms with Crippen molar-refractivity contribution in [3.05, 3.63) is 54.1 Å². The molecule has 0 saturated carbocycles. The van der Waals surface area contributed by atoms with Gasteiger partial charge in [0.25, 0.3) is 0 Å². The van der Waals surface area contributed by atoms with Crippen molar-refractivity contribution in [1.29, 1.82) is 0 Å². The normalized spacial score (nSPS) is 19.8. The summed E-state index contributed by atoms with van der Waals surface area (Å²) >= 11 is 0. The van der Waals surface area contributed by atoms with Crippen LogP contribution in [0.3, 0.4) is 0 Å². The molecule has 2 heterocycles. The summed E-state index contributed by atoms with van der Waals surface area (Å²) < 4.78 is 5.43. The highest BCUT2D eigenvalue weighted by atomic mass is 16.5. The number of carbonyl (C=O) groups excluding carboxylic acids is 2. The van der Waals surface area contributed by atoms with Crippen LogP contribution in [0.15, 0.2) is 48.5 Å². The topological polar surface area (TPSA) is 61.9 Å². The van der Waals surface area contributed by atoms with Crippen molar-refractivity contribution in [3.63, 3.8) is 0 Å². The van der Waals surface area contributed by atoms with Gasteiger partial charge in [0, 0.05) is 31.7 Å². The van der Waals surface area contributed by atoms with Crippen LogP contribution in [0, 0.1) is 12.8 Å². The van der Waals surface area contributed by atoms with E-state index in [1.165, 1.54) is 0 Å². The Bertz CT molecular complexity index is 877. The first-order valence-electron chi connectivity index (χ1n) is 9.72. The summed E-state index contributed by atoms with van der Waals surface area (Å²) in [7, 11) is 0. The number of hydrogen-bond acceptors (Lipinski definition) is 4. The van der Waals surface area contributed by atoms with Crippen LogP contribution in [-0.2, 0) is 14.3 Å². The Morgan fingerprint density at radius 3 is 2.46 bits per heavy atom. The Hall–Kier alpha value is -2.86. The summed E-state index contributed by atoms with van der Waals surface area (Å²) in [6, 6.07) is 15.6. The monoisotopic (exact) mass is 379 g/mol. The van der Waals surface area contributed by atoms with Crippen LogP contribution >= 0.6 is 0 Å². The molecule has 6 heteroatoms. The Balaban J connectivity index is 1.48. The highest BCUT2D eigenvalue weighted by Gasteiger charge is 2.36. The quantitative estimate of drug-likeness (QED) is 0.887. The first kappa shape index (κ1) is 18.5. The minimum Gasteiger partial charge on any atom is -0.378 e. The van der Waals surface area contributed by atoms with E-state index in [-0.39, 0.29) is 24.2 Å². The van der Waals surface area contributed by atoms with E-state index in [4.69, 9.17) is 4.74 Å². The molecule has 2 aliphatic rings.